The first-order chi connectivity index (χ1) is 8.19. The number of aromatic amines is 1. The highest BCUT2D eigenvalue weighted by molar-refractivity contribution is 5.33. The van der Waals surface area contributed by atoms with Crippen LogP contribution >= 0.6 is 0 Å². The molecular weight excluding hydrogens is 214 g/mol. The number of hydrogen-bond acceptors (Lipinski definition) is 3. The van der Waals surface area contributed by atoms with Crippen molar-refractivity contribution in [2.45, 2.75) is 39.5 Å². The molecule has 1 aromatic rings. The molecule has 2 unspecified atom stereocenters. The van der Waals surface area contributed by atoms with Gasteiger partial charge < -0.3 is 10.3 Å². The minimum Gasteiger partial charge on any atom is -0.370 e. The molecule has 0 aromatic carbocycles. The smallest absolute Gasteiger partial charge is 0.252 e. The Morgan fingerprint density at radius 2 is 2.35 bits per heavy atom. The Bertz CT molecular complexity index is 427. The molecule has 0 saturated heterocycles. The molecule has 1 aliphatic rings. The predicted octanol–water partition coefficient (Wildman–Crippen LogP) is 2.18. The van der Waals surface area contributed by atoms with Crippen molar-refractivity contribution < 1.29 is 0 Å². The molecule has 4 heteroatoms. The molecule has 1 saturated carbocycles. The van der Waals surface area contributed by atoms with Crippen LogP contribution in [0, 0.1) is 11.8 Å². The molecule has 0 radical (unpaired) electrons. The number of hydrogen-bond donors (Lipinski definition) is 2. The van der Waals surface area contributed by atoms with Crippen LogP contribution in [-0.2, 0) is 6.42 Å². The number of nitrogens with zero attached hydrogens (tertiary/aromatic N) is 1. The molecule has 1 heterocycles. The molecule has 2 N–H and O–H groups in total. The second-order valence-electron chi connectivity index (χ2n) is 4.98. The molecule has 1 aliphatic carbocycles. The standard InChI is InChI=1S/C13H21N3O/c1-3-11-15-12(7-13(17)16-11)14-8-10-6-4-5-9(10)2/h7,9-10H,3-6,8H2,1-2H3,(H2,14,15,16,17). The Labute approximate surface area is 102 Å². The van der Waals surface area contributed by atoms with E-state index in [0.29, 0.717) is 5.82 Å². The Morgan fingerprint density at radius 1 is 1.53 bits per heavy atom. The minimum atomic E-state index is -0.0705. The molecule has 0 amide bonds. The van der Waals surface area contributed by atoms with Crippen LogP contribution in [0.15, 0.2) is 10.9 Å². The van der Waals surface area contributed by atoms with Gasteiger partial charge in [0.15, 0.2) is 0 Å². The van der Waals surface area contributed by atoms with E-state index < -0.39 is 0 Å². The summed E-state index contributed by atoms with van der Waals surface area (Å²) in [4.78, 5) is 18.5. The lowest BCUT2D eigenvalue weighted by Crippen LogP contribution is -2.19. The summed E-state index contributed by atoms with van der Waals surface area (Å²) in [7, 11) is 0. The summed E-state index contributed by atoms with van der Waals surface area (Å²) < 4.78 is 0. The third kappa shape index (κ3) is 3.08. The highest BCUT2D eigenvalue weighted by atomic mass is 16.1. The molecular formula is C13H21N3O. The van der Waals surface area contributed by atoms with Crippen LogP contribution in [-0.4, -0.2) is 16.5 Å². The van der Waals surface area contributed by atoms with E-state index in [4.69, 9.17) is 0 Å². The monoisotopic (exact) mass is 235 g/mol. The Morgan fingerprint density at radius 3 is 3.00 bits per heavy atom. The van der Waals surface area contributed by atoms with Crippen LogP contribution in [0.4, 0.5) is 5.82 Å². The van der Waals surface area contributed by atoms with Crippen LogP contribution in [0.3, 0.4) is 0 Å². The number of aromatic nitrogens is 2. The maximum Gasteiger partial charge on any atom is 0.252 e. The first kappa shape index (κ1) is 12.1. The van der Waals surface area contributed by atoms with Crippen molar-refractivity contribution in [2.75, 3.05) is 11.9 Å². The van der Waals surface area contributed by atoms with Gasteiger partial charge >= 0.3 is 0 Å². The van der Waals surface area contributed by atoms with Crippen molar-refractivity contribution in [3.05, 3.63) is 22.2 Å². The van der Waals surface area contributed by atoms with E-state index in [1.165, 1.54) is 19.3 Å². The van der Waals surface area contributed by atoms with E-state index in [2.05, 4.69) is 22.2 Å². The zero-order valence-corrected chi connectivity index (χ0v) is 10.6. The van der Waals surface area contributed by atoms with Gasteiger partial charge in [0, 0.05) is 19.0 Å². The van der Waals surface area contributed by atoms with Gasteiger partial charge in [0.1, 0.15) is 11.6 Å². The van der Waals surface area contributed by atoms with Crippen molar-refractivity contribution in [2.24, 2.45) is 11.8 Å². The van der Waals surface area contributed by atoms with Crippen molar-refractivity contribution in [1.82, 2.24) is 9.97 Å². The fourth-order valence-corrected chi connectivity index (χ4v) is 2.53. The van der Waals surface area contributed by atoms with Crippen LogP contribution in [0.5, 0.6) is 0 Å². The lowest BCUT2D eigenvalue weighted by molar-refractivity contribution is 0.439. The average Bonchev–Trinajstić information content (AvgIpc) is 2.71. The average molecular weight is 235 g/mol. The fourth-order valence-electron chi connectivity index (χ4n) is 2.53. The largest absolute Gasteiger partial charge is 0.370 e. The lowest BCUT2D eigenvalue weighted by atomic mass is 9.98. The normalized spacial score (nSPS) is 23.9. The van der Waals surface area contributed by atoms with E-state index in [0.717, 1.165) is 30.6 Å². The zero-order chi connectivity index (χ0) is 12.3. The van der Waals surface area contributed by atoms with Gasteiger partial charge in [0.05, 0.1) is 0 Å². The highest BCUT2D eigenvalue weighted by Crippen LogP contribution is 2.30. The lowest BCUT2D eigenvalue weighted by Gasteiger charge is -2.16. The van der Waals surface area contributed by atoms with Crippen LogP contribution < -0.4 is 10.9 Å². The van der Waals surface area contributed by atoms with E-state index in [-0.39, 0.29) is 5.56 Å². The zero-order valence-electron chi connectivity index (χ0n) is 10.6. The highest BCUT2D eigenvalue weighted by Gasteiger charge is 2.22. The van der Waals surface area contributed by atoms with Gasteiger partial charge in [-0.2, -0.15) is 0 Å². The van der Waals surface area contributed by atoms with Gasteiger partial charge in [-0.3, -0.25) is 4.79 Å². The third-order valence-corrected chi connectivity index (χ3v) is 3.71. The van der Waals surface area contributed by atoms with Crippen molar-refractivity contribution in [3.63, 3.8) is 0 Å². The summed E-state index contributed by atoms with van der Waals surface area (Å²) >= 11 is 0. The van der Waals surface area contributed by atoms with E-state index in [1.54, 1.807) is 6.07 Å². The molecule has 4 nitrogen and oxygen atoms in total. The second-order valence-corrected chi connectivity index (χ2v) is 4.98. The minimum absolute atomic E-state index is 0.0705. The Kier molecular flexibility index (Phi) is 3.82. The van der Waals surface area contributed by atoms with Crippen LogP contribution in [0.25, 0.3) is 0 Å². The van der Waals surface area contributed by atoms with E-state index >= 15 is 0 Å². The number of nitrogens with one attached hydrogen (secondary N) is 2. The van der Waals surface area contributed by atoms with Crippen LogP contribution in [0.2, 0.25) is 0 Å². The summed E-state index contributed by atoms with van der Waals surface area (Å²) in [5.74, 6) is 2.97. The Hall–Kier alpha value is -1.32. The molecule has 17 heavy (non-hydrogen) atoms. The van der Waals surface area contributed by atoms with Crippen molar-refractivity contribution >= 4 is 5.82 Å². The van der Waals surface area contributed by atoms with Crippen molar-refractivity contribution in [1.29, 1.82) is 0 Å². The molecule has 2 atom stereocenters. The SMILES string of the molecule is CCc1nc(NCC2CCCC2C)cc(=O)[nH]1. The number of aryl methyl sites for hydroxylation is 1. The fraction of sp³-hybridized carbons (Fsp3) is 0.692. The molecule has 2 rings (SSSR count). The van der Waals surface area contributed by atoms with Crippen LogP contribution in [0.1, 0.15) is 38.9 Å². The quantitative estimate of drug-likeness (QED) is 0.841. The topological polar surface area (TPSA) is 57.8 Å². The maximum absolute atomic E-state index is 11.4. The van der Waals surface area contributed by atoms with Crippen molar-refractivity contribution in [3.8, 4) is 0 Å². The molecule has 0 spiro atoms. The van der Waals surface area contributed by atoms with Gasteiger partial charge in [-0.15, -0.1) is 0 Å². The molecule has 1 fully saturated rings. The van der Waals surface area contributed by atoms with E-state index in [1.807, 2.05) is 6.92 Å². The van der Waals surface area contributed by atoms with Gasteiger partial charge in [-0.25, -0.2) is 4.98 Å². The molecule has 0 bridgehead atoms. The maximum atomic E-state index is 11.4. The van der Waals surface area contributed by atoms with Gasteiger partial charge in [0.2, 0.25) is 0 Å². The first-order valence-corrected chi connectivity index (χ1v) is 6.53. The summed E-state index contributed by atoms with van der Waals surface area (Å²) in [6, 6.07) is 1.54. The van der Waals surface area contributed by atoms with Gasteiger partial charge in [-0.05, 0) is 18.3 Å². The molecule has 0 aliphatic heterocycles. The summed E-state index contributed by atoms with van der Waals surface area (Å²) in [5.41, 5.74) is -0.0705. The Balaban J connectivity index is 1.98. The number of anilines is 1. The third-order valence-electron chi connectivity index (χ3n) is 3.71. The molecule has 1 aromatic heterocycles. The summed E-state index contributed by atoms with van der Waals surface area (Å²) in [6.45, 7) is 5.23. The van der Waals surface area contributed by atoms with E-state index in [9.17, 15) is 4.79 Å². The summed E-state index contributed by atoms with van der Waals surface area (Å²) in [6.07, 6.45) is 4.70. The predicted molar refractivity (Wildman–Crippen MR) is 69.2 cm³/mol. The first-order valence-electron chi connectivity index (χ1n) is 6.53. The second kappa shape index (κ2) is 5.34. The summed E-state index contributed by atoms with van der Waals surface area (Å²) in [5, 5.41) is 3.30. The number of rotatable bonds is 4. The number of H-pyrrole nitrogens is 1. The van der Waals surface area contributed by atoms with Gasteiger partial charge in [0.25, 0.3) is 5.56 Å². The molecule has 94 valence electrons. The van der Waals surface area contributed by atoms with Gasteiger partial charge in [-0.1, -0.05) is 26.7 Å².